The molecule has 2 atom stereocenters. The first-order chi connectivity index (χ1) is 10.7. The molecule has 0 nitrogen and oxygen atoms in total. The molecule has 0 amide bonds. The second-order valence-corrected chi connectivity index (χ2v) is 27.4. The smallest absolute Gasteiger partial charge is 1.00 e. The number of halogens is 2. The topological polar surface area (TPSA) is 0 Å². The Kier molecular flexibility index (Phi) is 6.51. The van der Waals surface area contributed by atoms with Gasteiger partial charge in [0.15, 0.2) is 0 Å². The van der Waals surface area contributed by atoms with Gasteiger partial charge in [0.1, 0.15) is 0 Å². The van der Waals surface area contributed by atoms with Crippen molar-refractivity contribution in [1.82, 2.24) is 0 Å². The molecule has 4 aliphatic rings. The molecule has 5 heteroatoms. The molecular weight excluding hydrogens is 546 g/mol. The van der Waals surface area contributed by atoms with E-state index in [4.69, 9.17) is 0 Å². The summed E-state index contributed by atoms with van der Waals surface area (Å²) in [5.41, 5.74) is 0. The van der Waals surface area contributed by atoms with E-state index in [2.05, 4.69) is 63.4 Å². The fourth-order valence-corrected chi connectivity index (χ4v) is 19.1. The minimum absolute atomic E-state index is 0. The Labute approximate surface area is 179 Å². The van der Waals surface area contributed by atoms with Crippen LogP contribution < -0.4 is 24.8 Å². The third-order valence-electron chi connectivity index (χ3n) is 6.98. The van der Waals surface area contributed by atoms with Crippen LogP contribution in [0.15, 0.2) is 46.8 Å². The van der Waals surface area contributed by atoms with E-state index < -0.39 is 39.1 Å². The molecule has 0 saturated carbocycles. The first kappa shape index (κ1) is 22.1. The zero-order valence-corrected chi connectivity index (χ0v) is 23.1. The maximum absolute atomic E-state index is 2.74. The zero-order chi connectivity index (χ0) is 16.3. The minimum atomic E-state index is -0.994. The van der Waals surface area contributed by atoms with Gasteiger partial charge in [0, 0.05) is 0 Å². The van der Waals surface area contributed by atoms with Crippen LogP contribution >= 0.6 is 0 Å². The summed E-state index contributed by atoms with van der Waals surface area (Å²) in [4.78, 5) is 0. The maximum Gasteiger partial charge on any atom is -1.00 e. The summed E-state index contributed by atoms with van der Waals surface area (Å²) in [6.45, 7) is 10.3. The van der Waals surface area contributed by atoms with E-state index >= 15 is 0 Å². The summed E-state index contributed by atoms with van der Waals surface area (Å²) >= 11 is -0.858. The molecule has 0 aromatic rings. The fraction of sp³-hybridized carbons (Fsp3) is 0.600. The Morgan fingerprint density at radius 2 is 1.12 bits per heavy atom. The van der Waals surface area contributed by atoms with Crippen molar-refractivity contribution in [2.75, 3.05) is 0 Å². The molecule has 136 valence electrons. The molecular formula is C20H30Cl2HfSi2. The summed E-state index contributed by atoms with van der Waals surface area (Å²) in [7, 11) is -1.99. The summed E-state index contributed by atoms with van der Waals surface area (Å²) in [5, 5.41) is 3.60. The second kappa shape index (κ2) is 7.35. The minimum Gasteiger partial charge on any atom is -1.00 e. The average Bonchev–Trinajstić information content (AvgIpc) is 2.98. The molecule has 2 fully saturated rings. The Hall–Kier alpha value is 0.844. The summed E-state index contributed by atoms with van der Waals surface area (Å²) in [6.07, 6.45) is 18.8. The van der Waals surface area contributed by atoms with Crippen LogP contribution in [0.1, 0.15) is 26.7 Å². The van der Waals surface area contributed by atoms with Crippen LogP contribution in [0.5, 0.6) is 0 Å². The zero-order valence-electron chi connectivity index (χ0n) is 16.0. The third-order valence-corrected chi connectivity index (χ3v) is 22.3. The van der Waals surface area contributed by atoms with E-state index in [0.717, 1.165) is 0 Å². The van der Waals surface area contributed by atoms with Crippen LogP contribution in [0.2, 0.25) is 43.6 Å². The molecule has 2 heterocycles. The SMILES string of the molecule is C[C]1([Hf+2][C]2(C)C=CC([Si]3(C)CCC3)=C2)C=CC([Si]2(C)CCC2)=C1.[Cl-].[Cl-]. The Bertz CT molecular complexity index is 603. The normalized spacial score (nSPS) is 36.2. The molecule has 0 bridgehead atoms. The fourth-order valence-electron chi connectivity index (χ4n) is 4.84. The van der Waals surface area contributed by atoms with Crippen molar-refractivity contribution in [3.8, 4) is 0 Å². The molecule has 2 aliphatic carbocycles. The Morgan fingerprint density at radius 1 is 0.760 bits per heavy atom. The molecule has 0 aromatic carbocycles. The van der Waals surface area contributed by atoms with Gasteiger partial charge < -0.3 is 24.8 Å². The molecule has 0 N–H and O–H groups in total. The van der Waals surface area contributed by atoms with Gasteiger partial charge in [-0.1, -0.05) is 0 Å². The van der Waals surface area contributed by atoms with Crippen molar-refractivity contribution in [2.24, 2.45) is 0 Å². The van der Waals surface area contributed by atoms with Crippen LogP contribution in [0, 0.1) is 0 Å². The number of hydrogen-bond acceptors (Lipinski definition) is 0. The summed E-state index contributed by atoms with van der Waals surface area (Å²) in [6, 6.07) is 6.16. The summed E-state index contributed by atoms with van der Waals surface area (Å²) < 4.78 is 0.933. The van der Waals surface area contributed by atoms with Crippen molar-refractivity contribution in [3.63, 3.8) is 0 Å². The summed E-state index contributed by atoms with van der Waals surface area (Å²) in [5.74, 6) is 0. The van der Waals surface area contributed by atoms with Crippen molar-refractivity contribution < 1.29 is 47.7 Å². The van der Waals surface area contributed by atoms with Crippen LogP contribution in [0.3, 0.4) is 0 Å². The molecule has 2 saturated heterocycles. The third kappa shape index (κ3) is 4.01. The molecule has 0 aromatic heterocycles. The number of allylic oxidation sites excluding steroid dienone is 8. The first-order valence-electron chi connectivity index (χ1n) is 9.39. The van der Waals surface area contributed by atoms with Gasteiger partial charge in [-0.25, -0.2) is 0 Å². The van der Waals surface area contributed by atoms with Crippen LogP contribution in [0.4, 0.5) is 0 Å². The predicted molar refractivity (Wildman–Crippen MR) is 103 cm³/mol. The van der Waals surface area contributed by atoms with Crippen molar-refractivity contribution >= 4 is 16.1 Å². The van der Waals surface area contributed by atoms with E-state index in [1.54, 1.807) is 10.4 Å². The quantitative estimate of drug-likeness (QED) is 0.428. The number of hydrogen-bond donors (Lipinski definition) is 0. The van der Waals surface area contributed by atoms with Gasteiger partial charge in [0.2, 0.25) is 0 Å². The Morgan fingerprint density at radius 3 is 1.40 bits per heavy atom. The molecule has 0 radical (unpaired) electrons. The molecule has 0 spiro atoms. The van der Waals surface area contributed by atoms with Crippen LogP contribution in [-0.2, 0) is 22.9 Å². The van der Waals surface area contributed by atoms with Crippen LogP contribution in [0.25, 0.3) is 0 Å². The first-order valence-corrected chi connectivity index (χ1v) is 18.8. The van der Waals surface area contributed by atoms with E-state index in [0.29, 0.717) is 6.34 Å². The van der Waals surface area contributed by atoms with Crippen molar-refractivity contribution in [1.29, 1.82) is 0 Å². The molecule has 4 rings (SSSR count). The molecule has 2 aliphatic heterocycles. The van der Waals surface area contributed by atoms with Gasteiger partial charge in [-0.05, 0) is 0 Å². The molecule has 25 heavy (non-hydrogen) atoms. The van der Waals surface area contributed by atoms with Crippen molar-refractivity contribution in [2.45, 2.75) is 70.3 Å². The maximum atomic E-state index is 2.74. The largest absolute Gasteiger partial charge is 1.00 e. The van der Waals surface area contributed by atoms with E-state index in [1.807, 2.05) is 0 Å². The van der Waals surface area contributed by atoms with Gasteiger partial charge in [-0.3, -0.25) is 0 Å². The van der Waals surface area contributed by atoms with Gasteiger partial charge in [0.05, 0.1) is 0 Å². The Balaban J connectivity index is 0.00000113. The van der Waals surface area contributed by atoms with Crippen molar-refractivity contribution in [3.05, 3.63) is 46.8 Å². The standard InChI is InChI=1S/2C10H15Si.2ClH.Hf/c2*1-9-4-5-10(8-9)11(2)6-3-7-11;;;/h2*4-5,8H,3,6-7H2,1-2H3;2*1H;/q;;;;+2/p-2. The monoisotopic (exact) mass is 576 g/mol. The van der Waals surface area contributed by atoms with Crippen LogP contribution in [-0.4, -0.2) is 16.1 Å². The predicted octanol–water partition coefficient (Wildman–Crippen LogP) is 0.470. The average molecular weight is 576 g/mol. The molecule has 2 unspecified atom stereocenters. The van der Waals surface area contributed by atoms with E-state index in [-0.39, 0.29) is 24.8 Å². The van der Waals surface area contributed by atoms with Gasteiger partial charge in [-0.2, -0.15) is 0 Å². The van der Waals surface area contributed by atoms with E-state index in [1.165, 1.54) is 37.0 Å². The van der Waals surface area contributed by atoms with Gasteiger partial charge >= 0.3 is 156 Å². The van der Waals surface area contributed by atoms with E-state index in [9.17, 15) is 0 Å². The number of rotatable bonds is 4. The second-order valence-electron chi connectivity index (χ2n) is 9.38. The van der Waals surface area contributed by atoms with Gasteiger partial charge in [-0.15, -0.1) is 0 Å². The van der Waals surface area contributed by atoms with Gasteiger partial charge in [0.25, 0.3) is 0 Å².